The van der Waals surface area contributed by atoms with Crippen LogP contribution in [0.4, 0.5) is 10.8 Å². The third-order valence-electron chi connectivity index (χ3n) is 5.93. The lowest BCUT2D eigenvalue weighted by atomic mass is 10.1. The van der Waals surface area contributed by atoms with E-state index < -0.39 is 12.1 Å². The molecule has 33 heavy (non-hydrogen) atoms. The summed E-state index contributed by atoms with van der Waals surface area (Å²) in [6.07, 6.45) is 4.30. The number of oxazole rings is 1. The third-order valence-corrected chi connectivity index (χ3v) is 5.93. The van der Waals surface area contributed by atoms with Gasteiger partial charge in [-0.3, -0.25) is 14.6 Å². The first-order valence-electron chi connectivity index (χ1n) is 10.9. The van der Waals surface area contributed by atoms with E-state index in [0.717, 1.165) is 28.5 Å². The fourth-order valence-corrected chi connectivity index (χ4v) is 4.12. The van der Waals surface area contributed by atoms with Gasteiger partial charge in [-0.1, -0.05) is 30.3 Å². The van der Waals surface area contributed by atoms with E-state index in [1.165, 1.54) is 9.80 Å². The highest BCUT2D eigenvalue weighted by Crippen LogP contribution is 2.28. The number of ether oxygens (including phenoxy) is 1. The van der Waals surface area contributed by atoms with Gasteiger partial charge >= 0.3 is 12.1 Å². The van der Waals surface area contributed by atoms with Crippen LogP contribution in [0.3, 0.4) is 0 Å². The second-order valence-electron chi connectivity index (χ2n) is 8.08. The van der Waals surface area contributed by atoms with Gasteiger partial charge in [0.05, 0.1) is 6.20 Å². The topological polar surface area (TPSA) is 91.7 Å². The zero-order chi connectivity index (χ0) is 22.8. The van der Waals surface area contributed by atoms with Crippen molar-refractivity contribution in [1.82, 2.24) is 14.9 Å². The zero-order valence-corrected chi connectivity index (χ0v) is 18.2. The lowest BCUT2D eigenvalue weighted by Crippen LogP contribution is -2.47. The summed E-state index contributed by atoms with van der Waals surface area (Å²) < 4.78 is 11.3. The maximum atomic E-state index is 13.2. The van der Waals surface area contributed by atoms with Gasteiger partial charge in [0, 0.05) is 36.3 Å². The van der Waals surface area contributed by atoms with Crippen LogP contribution in [0.5, 0.6) is 0 Å². The summed E-state index contributed by atoms with van der Waals surface area (Å²) in [5.74, 6) is 0.317. The minimum atomic E-state index is -0.607. The number of benzene rings is 2. The molecule has 1 aliphatic heterocycles. The standard InChI is InChI=1S/C25H24N4O4/c1-28(24-27-15-22(33-24)19-9-10-20-18(14-19)11-12-26-20)23(30)21-8-5-13-29(21)25(31)32-16-17-6-3-2-4-7-17/h2-4,6-7,9-12,14-15,21,26H,5,8,13,16H2,1H3/t21-/m0/s1. The molecule has 1 atom stereocenters. The van der Waals surface area contributed by atoms with Gasteiger partial charge in [-0.2, -0.15) is 0 Å². The summed E-state index contributed by atoms with van der Waals surface area (Å²) in [6, 6.07) is 16.9. The zero-order valence-electron chi connectivity index (χ0n) is 18.2. The number of H-pyrrole nitrogens is 1. The number of likely N-dealkylation sites (N-methyl/N-ethyl adjacent to an activating group) is 1. The molecule has 3 heterocycles. The molecule has 0 bridgehead atoms. The van der Waals surface area contributed by atoms with Gasteiger partial charge in [-0.25, -0.2) is 9.78 Å². The van der Waals surface area contributed by atoms with E-state index in [-0.39, 0.29) is 18.5 Å². The molecular formula is C25H24N4O4. The molecule has 8 heteroatoms. The number of carbonyl (C=O) groups excluding carboxylic acids is 2. The van der Waals surface area contributed by atoms with Crippen LogP contribution < -0.4 is 4.90 Å². The van der Waals surface area contributed by atoms with Crippen molar-refractivity contribution >= 4 is 28.9 Å². The van der Waals surface area contributed by atoms with Crippen LogP contribution in [-0.2, 0) is 16.1 Å². The van der Waals surface area contributed by atoms with Crippen LogP contribution in [0.2, 0.25) is 0 Å². The quantitative estimate of drug-likeness (QED) is 0.486. The first kappa shape index (κ1) is 20.8. The predicted octanol–water partition coefficient (Wildman–Crippen LogP) is 4.59. The number of hydrogen-bond acceptors (Lipinski definition) is 5. The van der Waals surface area contributed by atoms with Crippen molar-refractivity contribution in [1.29, 1.82) is 0 Å². The lowest BCUT2D eigenvalue weighted by molar-refractivity contribution is -0.122. The van der Waals surface area contributed by atoms with Crippen LogP contribution in [-0.4, -0.2) is 46.5 Å². The SMILES string of the molecule is CN(C(=O)[C@@H]1CCCN1C(=O)OCc1ccccc1)c1ncc(-c2ccc3[nH]ccc3c2)o1. The van der Waals surface area contributed by atoms with Crippen molar-refractivity contribution in [3.8, 4) is 11.3 Å². The summed E-state index contributed by atoms with van der Waals surface area (Å²) in [6.45, 7) is 0.646. The number of aromatic nitrogens is 2. The van der Waals surface area contributed by atoms with Crippen molar-refractivity contribution in [2.75, 3.05) is 18.5 Å². The minimum Gasteiger partial charge on any atom is -0.445 e. The molecule has 0 radical (unpaired) electrons. The number of rotatable bonds is 5. The van der Waals surface area contributed by atoms with E-state index in [0.29, 0.717) is 18.7 Å². The van der Waals surface area contributed by atoms with Gasteiger partial charge in [0.2, 0.25) is 0 Å². The smallest absolute Gasteiger partial charge is 0.410 e. The Bertz CT molecular complexity index is 1280. The second kappa shape index (κ2) is 8.82. The van der Waals surface area contributed by atoms with Crippen molar-refractivity contribution in [3.05, 3.63) is 72.6 Å². The van der Waals surface area contributed by atoms with E-state index >= 15 is 0 Å². The summed E-state index contributed by atoms with van der Waals surface area (Å²) >= 11 is 0. The fourth-order valence-electron chi connectivity index (χ4n) is 4.12. The van der Waals surface area contributed by atoms with Crippen LogP contribution in [0.1, 0.15) is 18.4 Å². The van der Waals surface area contributed by atoms with Gasteiger partial charge in [0.1, 0.15) is 12.6 Å². The van der Waals surface area contributed by atoms with E-state index in [1.807, 2.05) is 60.8 Å². The fraction of sp³-hybridized carbons (Fsp3) is 0.240. The number of likely N-dealkylation sites (tertiary alicyclic amines) is 1. The summed E-state index contributed by atoms with van der Waals surface area (Å²) in [5.41, 5.74) is 2.80. The Labute approximate surface area is 190 Å². The van der Waals surface area contributed by atoms with Crippen LogP contribution >= 0.6 is 0 Å². The Morgan fingerprint density at radius 2 is 2.06 bits per heavy atom. The maximum absolute atomic E-state index is 13.2. The number of nitrogens with one attached hydrogen (secondary N) is 1. The molecule has 4 aromatic rings. The number of anilines is 1. The Morgan fingerprint density at radius 1 is 1.21 bits per heavy atom. The largest absolute Gasteiger partial charge is 0.445 e. The van der Waals surface area contributed by atoms with Gasteiger partial charge in [-0.15, -0.1) is 0 Å². The first-order chi connectivity index (χ1) is 16.1. The highest BCUT2D eigenvalue weighted by atomic mass is 16.6. The average Bonchev–Trinajstić information content (AvgIpc) is 3.61. The molecule has 1 fully saturated rings. The van der Waals surface area contributed by atoms with Crippen molar-refractivity contribution in [2.45, 2.75) is 25.5 Å². The molecule has 2 amide bonds. The molecule has 1 N–H and O–H groups in total. The van der Waals surface area contributed by atoms with Crippen LogP contribution in [0.15, 0.2) is 71.4 Å². The van der Waals surface area contributed by atoms with Crippen LogP contribution in [0, 0.1) is 0 Å². The van der Waals surface area contributed by atoms with Crippen molar-refractivity contribution in [2.24, 2.45) is 0 Å². The average molecular weight is 444 g/mol. The van der Waals surface area contributed by atoms with Gasteiger partial charge < -0.3 is 14.1 Å². The first-order valence-corrected chi connectivity index (χ1v) is 10.9. The normalized spacial score (nSPS) is 15.7. The van der Waals surface area contributed by atoms with Gasteiger partial charge in [0.25, 0.3) is 5.91 Å². The summed E-state index contributed by atoms with van der Waals surface area (Å²) in [5, 5.41) is 1.06. The van der Waals surface area contributed by atoms with Crippen molar-refractivity contribution in [3.63, 3.8) is 0 Å². The Balaban J connectivity index is 1.27. The summed E-state index contributed by atoms with van der Waals surface area (Å²) in [7, 11) is 1.61. The molecule has 5 rings (SSSR count). The Hall–Kier alpha value is -4.07. The molecule has 2 aromatic heterocycles. The second-order valence-corrected chi connectivity index (χ2v) is 8.08. The number of amides is 2. The molecule has 1 aliphatic rings. The molecule has 168 valence electrons. The molecule has 0 spiro atoms. The van der Waals surface area contributed by atoms with E-state index in [1.54, 1.807) is 13.2 Å². The number of fused-ring (bicyclic) bond motifs is 1. The van der Waals surface area contributed by atoms with Crippen LogP contribution in [0.25, 0.3) is 22.2 Å². The molecule has 0 unspecified atom stereocenters. The van der Waals surface area contributed by atoms with Gasteiger partial charge in [0.15, 0.2) is 5.76 Å². The number of aromatic amines is 1. The third kappa shape index (κ3) is 4.19. The van der Waals surface area contributed by atoms with E-state index in [4.69, 9.17) is 9.15 Å². The molecule has 1 saturated heterocycles. The highest BCUT2D eigenvalue weighted by molar-refractivity contribution is 5.97. The minimum absolute atomic E-state index is 0.168. The van der Waals surface area contributed by atoms with Crippen molar-refractivity contribution < 1.29 is 18.7 Å². The number of carbonyl (C=O) groups is 2. The van der Waals surface area contributed by atoms with Gasteiger partial charge in [-0.05, 0) is 42.7 Å². The molecule has 0 saturated carbocycles. The molecule has 0 aliphatic carbocycles. The molecule has 8 nitrogen and oxygen atoms in total. The molecular weight excluding hydrogens is 420 g/mol. The lowest BCUT2D eigenvalue weighted by Gasteiger charge is -2.25. The van der Waals surface area contributed by atoms with E-state index in [9.17, 15) is 9.59 Å². The highest BCUT2D eigenvalue weighted by Gasteiger charge is 2.38. The van der Waals surface area contributed by atoms with E-state index in [2.05, 4.69) is 9.97 Å². The number of nitrogens with zero attached hydrogens (tertiary/aromatic N) is 3. The maximum Gasteiger partial charge on any atom is 0.410 e. The number of hydrogen-bond donors (Lipinski definition) is 1. The Morgan fingerprint density at radius 3 is 2.91 bits per heavy atom. The monoisotopic (exact) mass is 444 g/mol. The Kier molecular flexibility index (Phi) is 5.56. The molecule has 2 aromatic carbocycles. The predicted molar refractivity (Wildman–Crippen MR) is 124 cm³/mol. The summed E-state index contributed by atoms with van der Waals surface area (Å²) in [4.78, 5) is 36.2.